The fourth-order valence-electron chi connectivity index (χ4n) is 9.09. The third kappa shape index (κ3) is 2.75. The minimum absolute atomic E-state index is 0.122. The topological polar surface area (TPSA) is 67.9 Å². The molecule has 4 aliphatic carbocycles. The Balaban J connectivity index is 1.44. The molecule has 6 aliphatic rings. The van der Waals surface area contributed by atoms with Gasteiger partial charge in [0.15, 0.2) is 11.2 Å². The molecule has 0 spiro atoms. The van der Waals surface area contributed by atoms with Crippen LogP contribution in [0, 0.1) is 57.1 Å². The van der Waals surface area contributed by atoms with E-state index in [1.54, 1.807) is 18.2 Å². The van der Waals surface area contributed by atoms with E-state index in [9.17, 15) is 15.3 Å². The predicted octanol–water partition coefficient (Wildman–Crippen LogP) is 6.14. The van der Waals surface area contributed by atoms with E-state index in [0.717, 1.165) is 30.4 Å². The molecule has 2 aliphatic heterocycles. The number of nitrogens with zero attached hydrogens (tertiary/aromatic N) is 3. The molecule has 3 atom stereocenters. The van der Waals surface area contributed by atoms with Crippen molar-refractivity contribution < 1.29 is 9.18 Å². The average Bonchev–Trinajstić information content (AvgIpc) is 3.18. The van der Waals surface area contributed by atoms with Crippen molar-refractivity contribution in [3.05, 3.63) is 77.2 Å². The quantitative estimate of drug-likeness (QED) is 0.533. The first kappa shape index (κ1) is 21.8. The first-order valence-corrected chi connectivity index (χ1v) is 13.2. The maximum atomic E-state index is 15.5. The lowest BCUT2D eigenvalue weighted by molar-refractivity contribution is -0.148. The van der Waals surface area contributed by atoms with Crippen LogP contribution in [0.4, 0.5) is 4.39 Å². The molecule has 8 rings (SSSR count). The Kier molecular flexibility index (Phi) is 4.56. The number of Topliss-reactive ketones (excluding diaryl/α,β-unsaturated/α-hetero) is 1. The molecule has 0 N–H and O–H groups in total. The SMILES string of the molecule is N#CC1(C#N)C(c2ccccc2F)C(C(=O)C23CC4CC(CC(C4)C2)C3)N2C=Cc3ccccc3C21. The first-order valence-electron chi connectivity index (χ1n) is 13.2. The summed E-state index contributed by atoms with van der Waals surface area (Å²) in [6.45, 7) is 0. The third-order valence-electron chi connectivity index (χ3n) is 10.0. The van der Waals surface area contributed by atoms with Gasteiger partial charge in [-0.05, 0) is 85.1 Å². The van der Waals surface area contributed by atoms with Crippen molar-refractivity contribution in [1.82, 2.24) is 4.90 Å². The summed E-state index contributed by atoms with van der Waals surface area (Å²) < 4.78 is 15.5. The molecule has 3 unspecified atom stereocenters. The molecule has 1 saturated heterocycles. The van der Waals surface area contributed by atoms with Gasteiger partial charge in [-0.1, -0.05) is 42.5 Å². The first-order chi connectivity index (χ1) is 17.5. The highest BCUT2D eigenvalue weighted by molar-refractivity contribution is 5.93. The van der Waals surface area contributed by atoms with Crippen molar-refractivity contribution in [3.63, 3.8) is 0 Å². The van der Waals surface area contributed by atoms with Crippen LogP contribution in [0.15, 0.2) is 54.7 Å². The molecule has 4 saturated carbocycles. The normalized spacial score (nSPS) is 36.6. The number of carbonyl (C=O) groups excluding carboxylic acids is 1. The Morgan fingerprint density at radius 2 is 1.47 bits per heavy atom. The third-order valence-corrected chi connectivity index (χ3v) is 10.0. The lowest BCUT2D eigenvalue weighted by Crippen LogP contribution is -2.55. The Morgan fingerprint density at radius 1 is 0.889 bits per heavy atom. The minimum Gasteiger partial charge on any atom is -0.357 e. The number of nitriles is 2. The van der Waals surface area contributed by atoms with Gasteiger partial charge in [-0.2, -0.15) is 10.5 Å². The molecule has 2 heterocycles. The average molecular weight is 478 g/mol. The molecule has 36 heavy (non-hydrogen) atoms. The van der Waals surface area contributed by atoms with E-state index in [1.165, 1.54) is 25.3 Å². The highest BCUT2D eigenvalue weighted by Crippen LogP contribution is 2.65. The van der Waals surface area contributed by atoms with Gasteiger partial charge in [0.2, 0.25) is 0 Å². The zero-order valence-corrected chi connectivity index (χ0v) is 20.1. The number of benzene rings is 2. The van der Waals surface area contributed by atoms with Crippen LogP contribution < -0.4 is 0 Å². The van der Waals surface area contributed by atoms with E-state index in [1.807, 2.05) is 41.4 Å². The Labute approximate surface area is 211 Å². The molecule has 4 nitrogen and oxygen atoms in total. The Bertz CT molecular complexity index is 1330. The highest BCUT2D eigenvalue weighted by atomic mass is 19.1. The van der Waals surface area contributed by atoms with E-state index < -0.39 is 34.6 Å². The fraction of sp³-hybridized carbons (Fsp3) is 0.452. The molecule has 0 radical (unpaired) electrons. The molecular weight excluding hydrogens is 449 g/mol. The molecule has 0 aromatic heterocycles. The molecule has 5 fully saturated rings. The number of carbonyl (C=O) groups is 1. The summed E-state index contributed by atoms with van der Waals surface area (Å²) in [4.78, 5) is 16.8. The molecule has 5 heteroatoms. The lowest BCUT2D eigenvalue weighted by Gasteiger charge is -2.57. The summed E-state index contributed by atoms with van der Waals surface area (Å²) >= 11 is 0. The monoisotopic (exact) mass is 477 g/mol. The smallest absolute Gasteiger partial charge is 0.177 e. The Morgan fingerprint density at radius 3 is 2.08 bits per heavy atom. The maximum absolute atomic E-state index is 15.5. The second kappa shape index (κ2) is 7.53. The number of hydrogen-bond acceptors (Lipinski definition) is 4. The van der Waals surface area contributed by atoms with Gasteiger partial charge >= 0.3 is 0 Å². The number of halogens is 1. The van der Waals surface area contributed by atoms with Crippen LogP contribution in [0.1, 0.15) is 67.2 Å². The lowest BCUT2D eigenvalue weighted by atomic mass is 9.47. The largest absolute Gasteiger partial charge is 0.357 e. The van der Waals surface area contributed by atoms with Crippen LogP contribution in [0.2, 0.25) is 0 Å². The highest BCUT2D eigenvalue weighted by Gasteiger charge is 2.67. The number of hydrogen-bond donors (Lipinski definition) is 0. The molecular formula is C31H28FN3O. The summed E-state index contributed by atoms with van der Waals surface area (Å²) in [6, 6.07) is 17.4. The second-order valence-electron chi connectivity index (χ2n) is 11.9. The number of fused-ring (bicyclic) bond motifs is 3. The number of rotatable bonds is 3. The van der Waals surface area contributed by atoms with E-state index in [0.29, 0.717) is 23.3 Å². The molecule has 4 bridgehead atoms. The van der Waals surface area contributed by atoms with Gasteiger partial charge in [0, 0.05) is 17.5 Å². The Hall–Kier alpha value is -3.44. The van der Waals surface area contributed by atoms with Crippen LogP contribution in [-0.2, 0) is 4.79 Å². The second-order valence-corrected chi connectivity index (χ2v) is 11.9. The van der Waals surface area contributed by atoms with Gasteiger partial charge in [-0.25, -0.2) is 4.39 Å². The molecule has 180 valence electrons. The number of ketones is 1. The van der Waals surface area contributed by atoms with Gasteiger partial charge in [0.1, 0.15) is 5.82 Å². The van der Waals surface area contributed by atoms with E-state index >= 15 is 4.39 Å². The van der Waals surface area contributed by atoms with Crippen LogP contribution in [-0.4, -0.2) is 16.7 Å². The van der Waals surface area contributed by atoms with Crippen molar-refractivity contribution in [2.75, 3.05) is 0 Å². The summed E-state index contributed by atoms with van der Waals surface area (Å²) in [7, 11) is 0. The zero-order chi connectivity index (χ0) is 24.7. The van der Waals surface area contributed by atoms with Crippen LogP contribution in [0.5, 0.6) is 0 Å². The van der Waals surface area contributed by atoms with Gasteiger partial charge in [0.25, 0.3) is 0 Å². The van der Waals surface area contributed by atoms with Gasteiger partial charge in [-0.3, -0.25) is 4.79 Å². The minimum atomic E-state index is -1.61. The summed E-state index contributed by atoms with van der Waals surface area (Å²) in [5.74, 6) is 0.528. The molecule has 2 aromatic rings. The zero-order valence-electron chi connectivity index (χ0n) is 20.1. The fourth-order valence-corrected chi connectivity index (χ4v) is 9.09. The van der Waals surface area contributed by atoms with Crippen molar-refractivity contribution in [3.8, 4) is 12.1 Å². The van der Waals surface area contributed by atoms with Crippen molar-refractivity contribution in [2.45, 2.75) is 56.5 Å². The standard InChI is InChI=1S/C31H28FN3O/c32-25-8-4-3-7-24(25)26-27(29(36)30-14-19-11-20(15-30)13-21(12-19)16-30)35-10-9-22-5-1-2-6-23(22)28(35)31(26,17-33)18-34/h1-10,19-21,26-28H,11-16H2. The molecule has 0 amide bonds. The van der Waals surface area contributed by atoms with E-state index in [2.05, 4.69) is 12.1 Å². The van der Waals surface area contributed by atoms with Crippen LogP contribution in [0.3, 0.4) is 0 Å². The van der Waals surface area contributed by atoms with Gasteiger partial charge in [-0.15, -0.1) is 0 Å². The maximum Gasteiger partial charge on any atom is 0.177 e. The van der Waals surface area contributed by atoms with Gasteiger partial charge < -0.3 is 4.90 Å². The van der Waals surface area contributed by atoms with Crippen molar-refractivity contribution >= 4 is 11.9 Å². The van der Waals surface area contributed by atoms with Crippen molar-refractivity contribution in [2.24, 2.45) is 28.6 Å². The predicted molar refractivity (Wildman–Crippen MR) is 132 cm³/mol. The summed E-state index contributed by atoms with van der Waals surface area (Å²) in [5, 5.41) is 21.4. The summed E-state index contributed by atoms with van der Waals surface area (Å²) in [6.07, 6.45) is 10.2. The van der Waals surface area contributed by atoms with Crippen LogP contribution in [0.25, 0.3) is 6.08 Å². The van der Waals surface area contributed by atoms with Crippen LogP contribution >= 0.6 is 0 Å². The van der Waals surface area contributed by atoms with E-state index in [-0.39, 0.29) is 5.78 Å². The summed E-state index contributed by atoms with van der Waals surface area (Å²) in [5.41, 5.74) is 0.0447. The van der Waals surface area contributed by atoms with Gasteiger partial charge in [0.05, 0.1) is 24.2 Å². The van der Waals surface area contributed by atoms with E-state index in [4.69, 9.17) is 0 Å². The van der Waals surface area contributed by atoms with Crippen molar-refractivity contribution in [1.29, 1.82) is 10.5 Å². The molecule has 2 aromatic carbocycles.